The summed E-state index contributed by atoms with van der Waals surface area (Å²) in [6, 6.07) is 18.3. The van der Waals surface area contributed by atoms with E-state index in [0.29, 0.717) is 27.0 Å². The molecule has 0 aliphatic carbocycles. The van der Waals surface area contributed by atoms with Crippen LogP contribution in [0.25, 0.3) is 10.8 Å². The Morgan fingerprint density at radius 3 is 2.52 bits per heavy atom. The molecule has 1 saturated heterocycles. The fourth-order valence-electron chi connectivity index (χ4n) is 3.85. The second-order valence-corrected chi connectivity index (χ2v) is 8.01. The van der Waals surface area contributed by atoms with Gasteiger partial charge in [0.05, 0.1) is 22.8 Å². The predicted molar refractivity (Wildman–Crippen MR) is 112 cm³/mol. The lowest BCUT2D eigenvalue weighted by Crippen LogP contribution is -2.40. The van der Waals surface area contributed by atoms with Crippen molar-refractivity contribution in [2.45, 2.75) is 18.4 Å². The van der Waals surface area contributed by atoms with Crippen LogP contribution in [-0.4, -0.2) is 23.1 Å². The molecule has 5 rings (SSSR count). The molecule has 144 valence electrons. The van der Waals surface area contributed by atoms with Gasteiger partial charge in [0, 0.05) is 17.0 Å². The molecule has 3 aromatic rings. The van der Waals surface area contributed by atoms with Crippen LogP contribution in [0.4, 0.5) is 5.69 Å². The molecule has 0 unspecified atom stereocenters. The third-order valence-corrected chi connectivity index (χ3v) is 5.84. The maximum Gasteiger partial charge on any atom is 0.281 e. The van der Waals surface area contributed by atoms with Crippen LogP contribution in [0.5, 0.6) is 0 Å². The van der Waals surface area contributed by atoms with Crippen LogP contribution < -0.4 is 4.90 Å². The van der Waals surface area contributed by atoms with Crippen molar-refractivity contribution >= 4 is 57.2 Å². The quantitative estimate of drug-likeness (QED) is 0.545. The first-order valence-corrected chi connectivity index (χ1v) is 9.79. The molecule has 29 heavy (non-hydrogen) atoms. The highest BCUT2D eigenvalue weighted by Gasteiger charge is 2.58. The van der Waals surface area contributed by atoms with E-state index in [1.807, 2.05) is 36.4 Å². The van der Waals surface area contributed by atoms with Crippen LogP contribution in [0.2, 0.25) is 10.0 Å². The van der Waals surface area contributed by atoms with Gasteiger partial charge >= 0.3 is 0 Å². The van der Waals surface area contributed by atoms with Crippen LogP contribution >= 0.6 is 23.2 Å². The summed E-state index contributed by atoms with van der Waals surface area (Å²) in [5, 5.41) is 6.98. The summed E-state index contributed by atoms with van der Waals surface area (Å²) in [4.78, 5) is 32.8. The second kappa shape index (κ2) is 6.58. The summed E-state index contributed by atoms with van der Waals surface area (Å²) in [6.45, 7) is 0. The number of carbonyl (C=O) groups is 2. The average Bonchev–Trinajstić information content (AvgIpc) is 3.22. The Kier molecular flexibility index (Phi) is 4.12. The normalized spacial score (nSPS) is 21.2. The number of fused-ring (bicyclic) bond motifs is 1. The van der Waals surface area contributed by atoms with E-state index < -0.39 is 11.5 Å². The van der Waals surface area contributed by atoms with E-state index in [1.165, 1.54) is 4.90 Å². The number of hydrogen-bond acceptors (Lipinski definition) is 4. The Morgan fingerprint density at radius 2 is 1.72 bits per heavy atom. The zero-order valence-corrected chi connectivity index (χ0v) is 16.6. The van der Waals surface area contributed by atoms with Gasteiger partial charge < -0.3 is 4.84 Å². The SMILES string of the molecule is O=C1C[C@]2(CC(c3ccc(Cl)cc3Cl)=NO2)C(=O)N1c1ccc2ccccc2c1. The third-order valence-electron chi connectivity index (χ3n) is 5.30. The lowest BCUT2D eigenvalue weighted by Gasteiger charge is -2.19. The van der Waals surface area contributed by atoms with E-state index >= 15 is 0 Å². The van der Waals surface area contributed by atoms with Crippen molar-refractivity contribution in [1.82, 2.24) is 0 Å². The van der Waals surface area contributed by atoms with E-state index in [4.69, 9.17) is 28.0 Å². The van der Waals surface area contributed by atoms with E-state index in [0.717, 1.165) is 10.8 Å². The minimum Gasteiger partial charge on any atom is -0.378 e. The maximum atomic E-state index is 13.2. The van der Waals surface area contributed by atoms with Gasteiger partial charge in [-0.3, -0.25) is 9.59 Å². The number of rotatable bonds is 2. The number of nitrogens with zero attached hydrogens (tertiary/aromatic N) is 2. The van der Waals surface area contributed by atoms with Gasteiger partial charge in [0.1, 0.15) is 0 Å². The molecular formula is C22H14Cl2N2O3. The van der Waals surface area contributed by atoms with E-state index in [-0.39, 0.29) is 18.7 Å². The molecule has 1 fully saturated rings. The number of imide groups is 1. The Balaban J connectivity index is 1.46. The van der Waals surface area contributed by atoms with Crippen LogP contribution in [0.1, 0.15) is 18.4 Å². The highest BCUT2D eigenvalue weighted by atomic mass is 35.5. The predicted octanol–water partition coefficient (Wildman–Crippen LogP) is 4.97. The lowest BCUT2D eigenvalue weighted by molar-refractivity contribution is -0.136. The fraction of sp³-hybridized carbons (Fsp3) is 0.136. The Labute approximate surface area is 176 Å². The van der Waals surface area contributed by atoms with Crippen molar-refractivity contribution in [2.24, 2.45) is 5.16 Å². The highest BCUT2D eigenvalue weighted by molar-refractivity contribution is 6.37. The maximum absolute atomic E-state index is 13.2. The number of amides is 2. The zero-order valence-electron chi connectivity index (χ0n) is 15.1. The smallest absolute Gasteiger partial charge is 0.281 e. The number of anilines is 1. The molecule has 2 heterocycles. The van der Waals surface area contributed by atoms with Crippen molar-refractivity contribution < 1.29 is 14.4 Å². The minimum absolute atomic E-state index is 0.0726. The molecule has 0 radical (unpaired) electrons. The van der Waals surface area contributed by atoms with Gasteiger partial charge in [-0.05, 0) is 35.0 Å². The van der Waals surface area contributed by atoms with E-state index in [1.54, 1.807) is 24.3 Å². The molecule has 7 heteroatoms. The number of carbonyl (C=O) groups excluding carboxylic acids is 2. The largest absolute Gasteiger partial charge is 0.378 e. The van der Waals surface area contributed by atoms with Crippen LogP contribution in [-0.2, 0) is 14.4 Å². The number of oxime groups is 1. The molecule has 0 aromatic heterocycles. The molecule has 0 bridgehead atoms. The lowest BCUT2D eigenvalue weighted by atomic mass is 9.92. The van der Waals surface area contributed by atoms with Crippen LogP contribution in [0.15, 0.2) is 65.8 Å². The Hall–Kier alpha value is -2.89. The summed E-state index contributed by atoms with van der Waals surface area (Å²) in [5.41, 5.74) is 0.351. The van der Waals surface area contributed by atoms with Crippen molar-refractivity contribution in [2.75, 3.05) is 4.90 Å². The molecule has 5 nitrogen and oxygen atoms in total. The molecule has 3 aromatic carbocycles. The number of halogens is 2. The summed E-state index contributed by atoms with van der Waals surface area (Å²) in [6.07, 6.45) is 0.0971. The third kappa shape index (κ3) is 2.89. The molecule has 1 atom stereocenters. The van der Waals surface area contributed by atoms with Gasteiger partial charge in [-0.2, -0.15) is 0 Å². The number of hydrogen-bond donors (Lipinski definition) is 0. The van der Waals surface area contributed by atoms with Crippen LogP contribution in [0.3, 0.4) is 0 Å². The highest BCUT2D eigenvalue weighted by Crippen LogP contribution is 2.40. The monoisotopic (exact) mass is 424 g/mol. The van der Waals surface area contributed by atoms with Gasteiger partial charge in [-0.1, -0.05) is 64.8 Å². The standard InChI is InChI=1S/C22H14Cl2N2O3/c23-15-6-8-17(18(24)10-15)19-11-22(29-25-19)12-20(27)26(21(22)28)16-7-5-13-3-1-2-4-14(13)9-16/h1-10H,11-12H2/t22-/m1/s1. The topological polar surface area (TPSA) is 59.0 Å². The molecule has 0 N–H and O–H groups in total. The summed E-state index contributed by atoms with van der Waals surface area (Å²) >= 11 is 12.2. The molecule has 2 amide bonds. The molecular weight excluding hydrogens is 411 g/mol. The summed E-state index contributed by atoms with van der Waals surface area (Å²) in [5.74, 6) is -0.731. The van der Waals surface area contributed by atoms with Crippen molar-refractivity contribution in [1.29, 1.82) is 0 Å². The minimum atomic E-state index is -1.33. The van der Waals surface area contributed by atoms with Crippen molar-refractivity contribution in [3.63, 3.8) is 0 Å². The van der Waals surface area contributed by atoms with Crippen molar-refractivity contribution in [3.05, 3.63) is 76.3 Å². The fourth-order valence-corrected chi connectivity index (χ4v) is 4.37. The summed E-state index contributed by atoms with van der Waals surface area (Å²) in [7, 11) is 0. The van der Waals surface area contributed by atoms with Gasteiger partial charge in [-0.25, -0.2) is 4.90 Å². The van der Waals surface area contributed by atoms with Gasteiger partial charge in [-0.15, -0.1) is 0 Å². The molecule has 2 aliphatic rings. The Morgan fingerprint density at radius 1 is 0.931 bits per heavy atom. The second-order valence-electron chi connectivity index (χ2n) is 7.17. The Bertz CT molecular complexity index is 1220. The first kappa shape index (κ1) is 18.2. The average molecular weight is 425 g/mol. The molecule has 2 aliphatic heterocycles. The van der Waals surface area contributed by atoms with E-state index in [9.17, 15) is 9.59 Å². The zero-order chi connectivity index (χ0) is 20.2. The van der Waals surface area contributed by atoms with Gasteiger partial charge in [0.15, 0.2) is 0 Å². The van der Waals surface area contributed by atoms with Gasteiger partial charge in [0.2, 0.25) is 11.5 Å². The van der Waals surface area contributed by atoms with Crippen molar-refractivity contribution in [3.8, 4) is 0 Å². The summed E-state index contributed by atoms with van der Waals surface area (Å²) < 4.78 is 0. The van der Waals surface area contributed by atoms with E-state index in [2.05, 4.69) is 5.16 Å². The first-order chi connectivity index (χ1) is 14.0. The molecule has 0 saturated carbocycles. The number of benzene rings is 3. The first-order valence-electron chi connectivity index (χ1n) is 9.03. The molecule has 1 spiro atoms. The van der Waals surface area contributed by atoms with Crippen LogP contribution in [0, 0.1) is 0 Å². The van der Waals surface area contributed by atoms with Gasteiger partial charge in [0.25, 0.3) is 5.91 Å².